The first-order valence-electron chi connectivity index (χ1n) is 13.5. The first kappa shape index (κ1) is 25.9. The number of nitrogens with zero attached hydrogens (tertiary/aromatic N) is 1. The number of amides is 2. The van der Waals surface area contributed by atoms with Crippen molar-refractivity contribution in [3.8, 4) is 0 Å². The fraction of sp³-hybridized carbons (Fsp3) is 0.714. The highest BCUT2D eigenvalue weighted by atomic mass is 19.1. The minimum atomic E-state index is -0.510. The van der Waals surface area contributed by atoms with Gasteiger partial charge < -0.3 is 20.3 Å². The lowest BCUT2D eigenvalue weighted by molar-refractivity contribution is -0.133. The summed E-state index contributed by atoms with van der Waals surface area (Å²) in [5.41, 5.74) is 1.88. The van der Waals surface area contributed by atoms with Crippen LogP contribution in [0.2, 0.25) is 0 Å². The topological polar surface area (TPSA) is 70.7 Å². The molecule has 2 N–H and O–H groups in total. The number of hydrogen-bond acceptors (Lipinski definition) is 4. The van der Waals surface area contributed by atoms with Crippen molar-refractivity contribution in [3.63, 3.8) is 0 Å². The molecular weight excluding hydrogens is 445 g/mol. The molecule has 0 radical (unpaired) electrons. The predicted molar refractivity (Wildman–Crippen MR) is 136 cm³/mol. The highest BCUT2D eigenvalue weighted by Crippen LogP contribution is 2.39. The standard InChI is InChI=1S/C28H42FN3O3/c1-19(18-32-25-10-9-23(29)16-22(25)17-28(32,2)3)30-27(34)24(15-20-7-5-4-6-8-20)31-26(33)21-11-13-35-14-12-21/h9-10,16,19-21,24H,4-8,11-15,17-18H2,1-3H3,(H,30,34)(H,31,33)/t19-,24-/m0/s1. The molecule has 35 heavy (non-hydrogen) atoms. The van der Waals surface area contributed by atoms with Gasteiger partial charge in [0, 0.05) is 42.9 Å². The number of carbonyl (C=O) groups is 2. The van der Waals surface area contributed by atoms with Gasteiger partial charge in [-0.25, -0.2) is 4.39 Å². The molecular formula is C28H42FN3O3. The lowest BCUT2D eigenvalue weighted by atomic mass is 9.84. The van der Waals surface area contributed by atoms with Gasteiger partial charge in [-0.1, -0.05) is 32.1 Å². The number of ether oxygens (including phenoxy) is 1. The Kier molecular flexibility index (Phi) is 8.35. The van der Waals surface area contributed by atoms with Crippen molar-refractivity contribution in [2.45, 2.75) is 96.2 Å². The van der Waals surface area contributed by atoms with Crippen LogP contribution in [0.1, 0.15) is 77.7 Å². The number of benzene rings is 1. The Hall–Kier alpha value is -2.15. The maximum Gasteiger partial charge on any atom is 0.242 e. The van der Waals surface area contributed by atoms with Gasteiger partial charge in [0.1, 0.15) is 11.9 Å². The Labute approximate surface area is 209 Å². The molecule has 7 heteroatoms. The number of anilines is 1. The zero-order valence-corrected chi connectivity index (χ0v) is 21.6. The van der Waals surface area contributed by atoms with E-state index in [0.29, 0.717) is 44.9 Å². The highest BCUT2D eigenvalue weighted by molar-refractivity contribution is 5.88. The molecule has 1 saturated heterocycles. The summed E-state index contributed by atoms with van der Waals surface area (Å²) in [6.07, 6.45) is 8.81. The second-order valence-electron chi connectivity index (χ2n) is 11.5. The van der Waals surface area contributed by atoms with E-state index in [9.17, 15) is 14.0 Å². The summed E-state index contributed by atoms with van der Waals surface area (Å²) in [6, 6.07) is 4.33. The summed E-state index contributed by atoms with van der Waals surface area (Å²) in [5.74, 6) is 0.0659. The van der Waals surface area contributed by atoms with Gasteiger partial charge in [0.05, 0.1) is 0 Å². The lowest BCUT2D eigenvalue weighted by Crippen LogP contribution is -2.54. The fourth-order valence-electron chi connectivity index (χ4n) is 6.09. The van der Waals surface area contributed by atoms with Crippen LogP contribution >= 0.6 is 0 Å². The van der Waals surface area contributed by atoms with Gasteiger partial charge in [0.25, 0.3) is 0 Å². The van der Waals surface area contributed by atoms with Gasteiger partial charge in [-0.05, 0) is 76.1 Å². The van der Waals surface area contributed by atoms with Crippen molar-refractivity contribution in [1.82, 2.24) is 10.6 Å². The monoisotopic (exact) mass is 487 g/mol. The third kappa shape index (κ3) is 6.54. The van der Waals surface area contributed by atoms with E-state index < -0.39 is 6.04 Å². The molecule has 1 aromatic rings. The van der Waals surface area contributed by atoms with Gasteiger partial charge in [-0.2, -0.15) is 0 Å². The van der Waals surface area contributed by atoms with Crippen LogP contribution in [0.5, 0.6) is 0 Å². The molecule has 0 bridgehead atoms. The lowest BCUT2D eigenvalue weighted by Gasteiger charge is -2.37. The zero-order valence-electron chi connectivity index (χ0n) is 21.6. The van der Waals surface area contributed by atoms with Gasteiger partial charge in [0.2, 0.25) is 11.8 Å². The third-order valence-corrected chi connectivity index (χ3v) is 8.05. The van der Waals surface area contributed by atoms with Crippen molar-refractivity contribution in [3.05, 3.63) is 29.6 Å². The van der Waals surface area contributed by atoms with E-state index >= 15 is 0 Å². The summed E-state index contributed by atoms with van der Waals surface area (Å²) >= 11 is 0. The number of rotatable bonds is 8. The van der Waals surface area contributed by atoms with Crippen LogP contribution in [0.4, 0.5) is 10.1 Å². The number of nitrogens with one attached hydrogen (secondary N) is 2. The number of hydrogen-bond donors (Lipinski definition) is 2. The molecule has 6 nitrogen and oxygen atoms in total. The number of halogens is 1. The van der Waals surface area contributed by atoms with E-state index in [0.717, 1.165) is 30.5 Å². The van der Waals surface area contributed by atoms with Crippen molar-refractivity contribution >= 4 is 17.5 Å². The Bertz CT molecular complexity index is 893. The normalized spacial score (nSPS) is 22.3. The molecule has 2 amide bonds. The van der Waals surface area contributed by atoms with Crippen LogP contribution in [-0.2, 0) is 20.7 Å². The van der Waals surface area contributed by atoms with Crippen LogP contribution in [0.3, 0.4) is 0 Å². The molecule has 2 fully saturated rings. The zero-order chi connectivity index (χ0) is 25.0. The summed E-state index contributed by atoms with van der Waals surface area (Å²) < 4.78 is 19.2. The molecule has 1 aliphatic carbocycles. The number of carbonyl (C=O) groups excluding carboxylic acids is 2. The molecule has 0 aromatic heterocycles. The second kappa shape index (κ2) is 11.3. The van der Waals surface area contributed by atoms with Gasteiger partial charge >= 0.3 is 0 Å². The van der Waals surface area contributed by atoms with E-state index in [4.69, 9.17) is 4.74 Å². The second-order valence-corrected chi connectivity index (χ2v) is 11.5. The maximum atomic E-state index is 13.8. The molecule has 2 aliphatic heterocycles. The van der Waals surface area contributed by atoms with Gasteiger partial charge in [-0.15, -0.1) is 0 Å². The van der Waals surface area contributed by atoms with Gasteiger partial charge in [-0.3, -0.25) is 9.59 Å². The Morgan fingerprint density at radius 1 is 1.11 bits per heavy atom. The largest absolute Gasteiger partial charge is 0.381 e. The molecule has 2 atom stereocenters. The molecule has 4 rings (SSSR count). The van der Waals surface area contributed by atoms with E-state index in [1.165, 1.54) is 25.3 Å². The SMILES string of the molecule is C[C@@H](CN1c2ccc(F)cc2CC1(C)C)NC(=O)[C@H](CC1CCCCC1)NC(=O)C1CCOCC1. The van der Waals surface area contributed by atoms with Crippen molar-refractivity contribution < 1.29 is 18.7 Å². The van der Waals surface area contributed by atoms with Crippen LogP contribution < -0.4 is 15.5 Å². The van der Waals surface area contributed by atoms with Crippen molar-refractivity contribution in [2.24, 2.45) is 11.8 Å². The molecule has 1 aromatic carbocycles. The van der Waals surface area contributed by atoms with Crippen LogP contribution in [0.15, 0.2) is 18.2 Å². The molecule has 1 saturated carbocycles. The minimum Gasteiger partial charge on any atom is -0.381 e. The van der Waals surface area contributed by atoms with E-state index in [1.54, 1.807) is 6.07 Å². The average molecular weight is 488 g/mol. The Morgan fingerprint density at radius 2 is 1.83 bits per heavy atom. The summed E-state index contributed by atoms with van der Waals surface area (Å²) in [7, 11) is 0. The first-order valence-corrected chi connectivity index (χ1v) is 13.5. The van der Waals surface area contributed by atoms with Crippen LogP contribution in [0.25, 0.3) is 0 Å². The van der Waals surface area contributed by atoms with E-state index in [2.05, 4.69) is 29.4 Å². The van der Waals surface area contributed by atoms with Gasteiger partial charge in [0.15, 0.2) is 0 Å². The minimum absolute atomic E-state index is 0.0199. The third-order valence-electron chi connectivity index (χ3n) is 8.05. The van der Waals surface area contributed by atoms with E-state index in [-0.39, 0.29) is 35.1 Å². The Balaban J connectivity index is 1.40. The first-order chi connectivity index (χ1) is 16.7. The molecule has 0 unspecified atom stereocenters. The van der Waals surface area contributed by atoms with Crippen LogP contribution in [-0.4, -0.2) is 49.2 Å². The Morgan fingerprint density at radius 3 is 2.54 bits per heavy atom. The van der Waals surface area contributed by atoms with E-state index in [1.807, 2.05) is 13.0 Å². The van der Waals surface area contributed by atoms with Crippen LogP contribution in [0, 0.1) is 17.7 Å². The van der Waals surface area contributed by atoms with Crippen molar-refractivity contribution in [2.75, 3.05) is 24.7 Å². The molecule has 194 valence electrons. The number of fused-ring (bicyclic) bond motifs is 1. The predicted octanol–water partition coefficient (Wildman–Crippen LogP) is 4.35. The smallest absolute Gasteiger partial charge is 0.242 e. The molecule has 3 aliphatic rings. The summed E-state index contributed by atoms with van der Waals surface area (Å²) in [6.45, 7) is 8.14. The maximum absolute atomic E-state index is 13.8. The molecule has 2 heterocycles. The average Bonchev–Trinajstić information content (AvgIpc) is 3.08. The fourth-order valence-corrected chi connectivity index (χ4v) is 6.09. The highest BCUT2D eigenvalue weighted by Gasteiger charge is 2.37. The quantitative estimate of drug-likeness (QED) is 0.572. The summed E-state index contributed by atoms with van der Waals surface area (Å²) in [4.78, 5) is 28.7. The van der Waals surface area contributed by atoms with Crippen molar-refractivity contribution in [1.29, 1.82) is 0 Å². The summed E-state index contributed by atoms with van der Waals surface area (Å²) in [5, 5.41) is 6.30. The molecule has 0 spiro atoms.